The number of rotatable bonds is 1. The Morgan fingerprint density at radius 3 is 3.00 bits per heavy atom. The molecule has 0 fully saturated rings. The van der Waals surface area contributed by atoms with Crippen LogP contribution in [0.5, 0.6) is 0 Å². The lowest BCUT2D eigenvalue weighted by Crippen LogP contribution is -1.91. The first-order valence-corrected chi connectivity index (χ1v) is 4.93. The minimum absolute atomic E-state index is 0.798. The second-order valence-electron chi connectivity index (χ2n) is 3.78. The molecule has 0 unspecified atom stereocenters. The smallest absolute Gasteiger partial charge is 0.0184 e. The molecule has 1 aliphatic carbocycles. The quantitative estimate of drug-likeness (QED) is 0.591. The molecule has 1 atom stereocenters. The van der Waals surface area contributed by atoms with E-state index in [1.54, 1.807) is 16.7 Å². The van der Waals surface area contributed by atoms with Gasteiger partial charge in [0.05, 0.1) is 0 Å². The fraction of sp³-hybridized carbons (Fsp3) is 0.500. The van der Waals surface area contributed by atoms with E-state index in [0.717, 1.165) is 5.92 Å². The lowest BCUT2D eigenvalue weighted by molar-refractivity contribution is 0.747. The molecule has 2 rings (SSSR count). The molecule has 0 nitrogen and oxygen atoms in total. The normalized spacial score (nSPS) is 21.0. The molecule has 0 heteroatoms. The lowest BCUT2D eigenvalue weighted by atomic mass is 9.99. The summed E-state index contributed by atoms with van der Waals surface area (Å²) in [5, 5.41) is 0. The molecular weight excluding hydrogens is 144 g/mol. The highest BCUT2D eigenvalue weighted by atomic mass is 14.2. The van der Waals surface area contributed by atoms with E-state index in [4.69, 9.17) is 0 Å². The van der Waals surface area contributed by atoms with Gasteiger partial charge in [-0.3, -0.25) is 0 Å². The second-order valence-corrected chi connectivity index (χ2v) is 3.78. The molecule has 0 heterocycles. The summed E-state index contributed by atoms with van der Waals surface area (Å²) in [5.41, 5.74) is 4.82. The minimum atomic E-state index is 0.798. The molecular formula is C12H16. The molecule has 0 bridgehead atoms. The van der Waals surface area contributed by atoms with Crippen molar-refractivity contribution in [2.75, 3.05) is 0 Å². The van der Waals surface area contributed by atoms with Crippen LogP contribution in [-0.4, -0.2) is 0 Å². The Morgan fingerprint density at radius 2 is 2.25 bits per heavy atom. The predicted octanol–water partition coefficient (Wildman–Crippen LogP) is 3.30. The summed E-state index contributed by atoms with van der Waals surface area (Å²) in [7, 11) is 0. The van der Waals surface area contributed by atoms with Gasteiger partial charge in [0, 0.05) is 0 Å². The van der Waals surface area contributed by atoms with Gasteiger partial charge in [0.15, 0.2) is 0 Å². The maximum Gasteiger partial charge on any atom is -0.0184 e. The maximum absolute atomic E-state index is 2.34. The van der Waals surface area contributed by atoms with Crippen molar-refractivity contribution in [2.45, 2.75) is 39.0 Å². The van der Waals surface area contributed by atoms with Gasteiger partial charge in [0.25, 0.3) is 0 Å². The van der Waals surface area contributed by atoms with Crippen LogP contribution in [0.15, 0.2) is 18.2 Å². The monoisotopic (exact) mass is 160 g/mol. The van der Waals surface area contributed by atoms with Crippen molar-refractivity contribution in [1.82, 2.24) is 0 Å². The van der Waals surface area contributed by atoms with E-state index in [1.807, 2.05) is 0 Å². The average Bonchev–Trinajstić information content (AvgIpc) is 2.48. The summed E-state index contributed by atoms with van der Waals surface area (Å²) in [6.07, 6.45) is 3.85. The highest BCUT2D eigenvalue weighted by molar-refractivity contribution is 5.40. The molecule has 0 saturated heterocycles. The zero-order chi connectivity index (χ0) is 8.55. The number of fused-ring (bicyclic) bond motifs is 1. The van der Waals surface area contributed by atoms with Crippen molar-refractivity contribution in [3.05, 3.63) is 34.9 Å². The van der Waals surface area contributed by atoms with Gasteiger partial charge in [0.2, 0.25) is 0 Å². The van der Waals surface area contributed by atoms with Crippen molar-refractivity contribution in [3.8, 4) is 0 Å². The lowest BCUT2D eigenvalue weighted by Gasteiger charge is -2.07. The third kappa shape index (κ3) is 1.06. The summed E-state index contributed by atoms with van der Waals surface area (Å²) in [5.74, 6) is 0.798. The summed E-state index contributed by atoms with van der Waals surface area (Å²) in [6.45, 7) is 4.59. The first kappa shape index (κ1) is 7.85. The zero-order valence-electron chi connectivity index (χ0n) is 7.93. The Bertz CT molecular complexity index is 286. The third-order valence-corrected chi connectivity index (χ3v) is 3.05. The van der Waals surface area contributed by atoms with Crippen molar-refractivity contribution >= 4 is 0 Å². The van der Waals surface area contributed by atoms with Crippen molar-refractivity contribution in [3.63, 3.8) is 0 Å². The number of aryl methyl sites for hydroxylation is 1. The Labute approximate surface area is 74.6 Å². The summed E-state index contributed by atoms with van der Waals surface area (Å²) in [6, 6.07) is 6.78. The third-order valence-electron chi connectivity index (χ3n) is 3.05. The van der Waals surface area contributed by atoms with Crippen LogP contribution in [0.3, 0.4) is 0 Å². The molecule has 1 aliphatic rings. The minimum Gasteiger partial charge on any atom is -0.0617 e. The Morgan fingerprint density at radius 1 is 1.42 bits per heavy atom. The molecule has 12 heavy (non-hydrogen) atoms. The highest BCUT2D eigenvalue weighted by Crippen LogP contribution is 2.34. The second kappa shape index (κ2) is 2.93. The summed E-state index contributed by atoms with van der Waals surface area (Å²) < 4.78 is 0. The molecule has 1 aromatic carbocycles. The van der Waals surface area contributed by atoms with Gasteiger partial charge >= 0.3 is 0 Å². The Balaban J connectivity index is 2.50. The standard InChI is InChI=1S/C12H16/c1-3-10-5-4-6-11-9(2)7-8-12(10)11/h4-6,9H,3,7-8H2,1-2H3/t9-/m1/s1. The SMILES string of the molecule is CCc1cccc2c1CC[C@H]2C. The molecule has 0 N–H and O–H groups in total. The molecule has 0 saturated carbocycles. The van der Waals surface area contributed by atoms with Crippen molar-refractivity contribution in [2.24, 2.45) is 0 Å². The van der Waals surface area contributed by atoms with E-state index in [9.17, 15) is 0 Å². The van der Waals surface area contributed by atoms with Crippen LogP contribution in [0.2, 0.25) is 0 Å². The molecule has 0 aliphatic heterocycles. The number of benzene rings is 1. The van der Waals surface area contributed by atoms with Crippen LogP contribution in [-0.2, 0) is 12.8 Å². The number of hydrogen-bond donors (Lipinski definition) is 0. The topological polar surface area (TPSA) is 0 Å². The summed E-state index contributed by atoms with van der Waals surface area (Å²) >= 11 is 0. The van der Waals surface area contributed by atoms with Gasteiger partial charge in [-0.1, -0.05) is 32.0 Å². The molecule has 0 radical (unpaired) electrons. The van der Waals surface area contributed by atoms with Crippen LogP contribution >= 0.6 is 0 Å². The number of hydrogen-bond acceptors (Lipinski definition) is 0. The summed E-state index contributed by atoms with van der Waals surface area (Å²) in [4.78, 5) is 0. The maximum atomic E-state index is 2.34. The van der Waals surface area contributed by atoms with E-state index >= 15 is 0 Å². The Kier molecular flexibility index (Phi) is 1.92. The predicted molar refractivity (Wildman–Crippen MR) is 52.6 cm³/mol. The zero-order valence-corrected chi connectivity index (χ0v) is 7.93. The highest BCUT2D eigenvalue weighted by Gasteiger charge is 2.19. The molecule has 64 valence electrons. The van der Waals surface area contributed by atoms with E-state index in [1.165, 1.54) is 19.3 Å². The van der Waals surface area contributed by atoms with E-state index < -0.39 is 0 Å². The van der Waals surface area contributed by atoms with Gasteiger partial charge in [-0.25, -0.2) is 0 Å². The average molecular weight is 160 g/mol. The van der Waals surface area contributed by atoms with Gasteiger partial charge in [0.1, 0.15) is 0 Å². The van der Waals surface area contributed by atoms with Crippen LogP contribution in [0.4, 0.5) is 0 Å². The first-order chi connectivity index (χ1) is 5.83. The van der Waals surface area contributed by atoms with Crippen LogP contribution in [0.25, 0.3) is 0 Å². The van der Waals surface area contributed by atoms with Crippen molar-refractivity contribution in [1.29, 1.82) is 0 Å². The van der Waals surface area contributed by atoms with Gasteiger partial charge in [-0.15, -0.1) is 0 Å². The first-order valence-electron chi connectivity index (χ1n) is 4.93. The van der Waals surface area contributed by atoms with Crippen LogP contribution in [0, 0.1) is 0 Å². The molecule has 0 amide bonds. The van der Waals surface area contributed by atoms with E-state index in [-0.39, 0.29) is 0 Å². The van der Waals surface area contributed by atoms with Gasteiger partial charge < -0.3 is 0 Å². The van der Waals surface area contributed by atoms with Gasteiger partial charge in [-0.05, 0) is 41.9 Å². The van der Waals surface area contributed by atoms with Gasteiger partial charge in [-0.2, -0.15) is 0 Å². The van der Waals surface area contributed by atoms with E-state index in [2.05, 4.69) is 32.0 Å². The van der Waals surface area contributed by atoms with E-state index in [0.29, 0.717) is 0 Å². The van der Waals surface area contributed by atoms with Crippen LogP contribution in [0.1, 0.15) is 42.9 Å². The fourth-order valence-corrected chi connectivity index (χ4v) is 2.27. The Hall–Kier alpha value is -0.780. The molecule has 1 aromatic rings. The largest absolute Gasteiger partial charge is 0.0617 e. The molecule has 0 spiro atoms. The van der Waals surface area contributed by atoms with Crippen LogP contribution < -0.4 is 0 Å². The van der Waals surface area contributed by atoms with Crippen molar-refractivity contribution < 1.29 is 0 Å². The molecule has 0 aromatic heterocycles. The fourth-order valence-electron chi connectivity index (χ4n) is 2.27.